The highest BCUT2D eigenvalue weighted by Crippen LogP contribution is 2.20. The predicted molar refractivity (Wildman–Crippen MR) is 82.6 cm³/mol. The molecule has 0 radical (unpaired) electrons. The number of nitrogens with zero attached hydrogens (tertiary/aromatic N) is 2. The fourth-order valence-electron chi connectivity index (χ4n) is 2.85. The minimum absolute atomic E-state index is 0.283. The van der Waals surface area contributed by atoms with E-state index in [1.165, 1.54) is 12.8 Å². The molecule has 0 aromatic heterocycles. The minimum atomic E-state index is 0.283. The molecule has 0 bridgehead atoms. The van der Waals surface area contributed by atoms with Crippen LogP contribution in [0.25, 0.3) is 0 Å². The summed E-state index contributed by atoms with van der Waals surface area (Å²) in [7, 11) is 4.22. The maximum absolute atomic E-state index is 12.4. The van der Waals surface area contributed by atoms with E-state index < -0.39 is 0 Å². The number of amides is 1. The van der Waals surface area contributed by atoms with Gasteiger partial charge in [-0.3, -0.25) is 4.79 Å². The van der Waals surface area contributed by atoms with Gasteiger partial charge in [-0.25, -0.2) is 0 Å². The molecule has 1 unspecified atom stereocenters. The number of likely N-dealkylation sites (tertiary alicyclic amines) is 1. The Morgan fingerprint density at radius 3 is 2.75 bits per heavy atom. The molecule has 3 heteroatoms. The first-order valence-corrected chi connectivity index (χ1v) is 7.61. The Balaban J connectivity index is 1.83. The number of rotatable bonds is 5. The normalized spacial score (nSPS) is 19.4. The molecule has 0 spiro atoms. The summed E-state index contributed by atoms with van der Waals surface area (Å²) in [6.07, 6.45) is 4.16. The fraction of sp³-hybridized carbons (Fsp3) is 0.588. The molecule has 1 aromatic rings. The summed E-state index contributed by atoms with van der Waals surface area (Å²) in [5.74, 6) is 0.955. The molecule has 3 nitrogen and oxygen atoms in total. The number of benzene rings is 1. The topological polar surface area (TPSA) is 23.6 Å². The van der Waals surface area contributed by atoms with Crippen LogP contribution in [0.5, 0.6) is 0 Å². The molecule has 1 saturated heterocycles. The maximum Gasteiger partial charge on any atom is 0.226 e. The van der Waals surface area contributed by atoms with Gasteiger partial charge in [0, 0.05) is 13.1 Å². The van der Waals surface area contributed by atoms with Crippen molar-refractivity contribution in [3.63, 3.8) is 0 Å². The van der Waals surface area contributed by atoms with Crippen LogP contribution in [0.2, 0.25) is 0 Å². The highest BCUT2D eigenvalue weighted by atomic mass is 16.2. The van der Waals surface area contributed by atoms with Crippen molar-refractivity contribution >= 4 is 5.91 Å². The average Bonchev–Trinajstić information content (AvgIpc) is 2.46. The molecule has 1 atom stereocenters. The van der Waals surface area contributed by atoms with Crippen molar-refractivity contribution in [1.29, 1.82) is 0 Å². The monoisotopic (exact) mass is 274 g/mol. The Bertz CT molecular complexity index is 416. The molecule has 0 saturated carbocycles. The van der Waals surface area contributed by atoms with Crippen molar-refractivity contribution in [3.05, 3.63) is 35.9 Å². The van der Waals surface area contributed by atoms with Crippen molar-refractivity contribution in [2.45, 2.75) is 25.7 Å². The second kappa shape index (κ2) is 7.44. The summed E-state index contributed by atoms with van der Waals surface area (Å²) in [6.45, 7) is 3.00. The van der Waals surface area contributed by atoms with E-state index in [0.29, 0.717) is 12.3 Å². The number of piperidine rings is 1. The maximum atomic E-state index is 12.4. The standard InChI is InChI=1S/C17H26N2O/c1-18(2)12-10-16-9-6-11-19(14-16)17(20)13-15-7-4-3-5-8-15/h3-5,7-8,16H,6,9-14H2,1-2H3. The predicted octanol–water partition coefficient (Wildman–Crippen LogP) is 2.42. The lowest BCUT2D eigenvalue weighted by molar-refractivity contribution is -0.132. The van der Waals surface area contributed by atoms with Crippen molar-refractivity contribution in [3.8, 4) is 0 Å². The number of carbonyl (C=O) groups is 1. The Kier molecular flexibility index (Phi) is 5.60. The van der Waals surface area contributed by atoms with Crippen molar-refractivity contribution in [2.24, 2.45) is 5.92 Å². The highest BCUT2D eigenvalue weighted by Gasteiger charge is 2.23. The van der Waals surface area contributed by atoms with Crippen LogP contribution in [0.1, 0.15) is 24.8 Å². The van der Waals surface area contributed by atoms with Gasteiger partial charge in [-0.15, -0.1) is 0 Å². The Morgan fingerprint density at radius 2 is 2.05 bits per heavy atom. The van der Waals surface area contributed by atoms with Crippen LogP contribution >= 0.6 is 0 Å². The van der Waals surface area contributed by atoms with Crippen LogP contribution in [-0.4, -0.2) is 49.4 Å². The van der Waals surface area contributed by atoms with E-state index in [4.69, 9.17) is 0 Å². The SMILES string of the molecule is CN(C)CCC1CCCN(C(=O)Cc2ccccc2)C1. The second-order valence-electron chi connectivity index (χ2n) is 6.10. The molecule has 1 aliphatic heterocycles. The first kappa shape index (κ1) is 15.0. The number of hydrogen-bond donors (Lipinski definition) is 0. The van der Waals surface area contributed by atoms with Crippen LogP contribution in [0.15, 0.2) is 30.3 Å². The molecule has 1 heterocycles. The van der Waals surface area contributed by atoms with E-state index >= 15 is 0 Å². The molecule has 0 aliphatic carbocycles. The van der Waals surface area contributed by atoms with Gasteiger partial charge in [0.1, 0.15) is 0 Å². The fourth-order valence-corrected chi connectivity index (χ4v) is 2.85. The molecule has 2 rings (SSSR count). The quantitative estimate of drug-likeness (QED) is 0.823. The summed E-state index contributed by atoms with van der Waals surface area (Å²) < 4.78 is 0. The minimum Gasteiger partial charge on any atom is -0.342 e. The average molecular weight is 274 g/mol. The second-order valence-corrected chi connectivity index (χ2v) is 6.10. The van der Waals surface area contributed by atoms with E-state index in [-0.39, 0.29) is 5.91 Å². The molecule has 1 aliphatic rings. The summed E-state index contributed by atoms with van der Waals surface area (Å²) in [5.41, 5.74) is 1.12. The smallest absolute Gasteiger partial charge is 0.226 e. The zero-order valence-corrected chi connectivity index (χ0v) is 12.7. The molecule has 110 valence electrons. The lowest BCUT2D eigenvalue weighted by Gasteiger charge is -2.33. The van der Waals surface area contributed by atoms with Crippen LogP contribution in [0.3, 0.4) is 0 Å². The largest absolute Gasteiger partial charge is 0.342 e. The first-order chi connectivity index (χ1) is 9.65. The summed E-state index contributed by atoms with van der Waals surface area (Å²) in [6, 6.07) is 10.1. The molecular formula is C17H26N2O. The van der Waals surface area contributed by atoms with Gasteiger partial charge in [-0.05, 0) is 51.4 Å². The van der Waals surface area contributed by atoms with Crippen molar-refractivity contribution in [1.82, 2.24) is 9.80 Å². The molecule has 1 amide bonds. The van der Waals surface area contributed by atoms with E-state index in [1.54, 1.807) is 0 Å². The van der Waals surface area contributed by atoms with Crippen LogP contribution in [-0.2, 0) is 11.2 Å². The van der Waals surface area contributed by atoms with Crippen LogP contribution in [0.4, 0.5) is 0 Å². The zero-order valence-electron chi connectivity index (χ0n) is 12.7. The van der Waals surface area contributed by atoms with Gasteiger partial charge in [0.05, 0.1) is 6.42 Å². The van der Waals surface area contributed by atoms with E-state index in [1.807, 2.05) is 30.3 Å². The van der Waals surface area contributed by atoms with E-state index in [2.05, 4.69) is 23.9 Å². The molecule has 1 fully saturated rings. The van der Waals surface area contributed by atoms with Gasteiger partial charge in [-0.2, -0.15) is 0 Å². The summed E-state index contributed by atoms with van der Waals surface area (Å²) in [5, 5.41) is 0. The Labute approximate surface area is 122 Å². The van der Waals surface area contributed by atoms with Gasteiger partial charge >= 0.3 is 0 Å². The molecular weight excluding hydrogens is 248 g/mol. The first-order valence-electron chi connectivity index (χ1n) is 7.61. The third-order valence-electron chi connectivity index (χ3n) is 4.05. The third-order valence-corrected chi connectivity index (χ3v) is 4.05. The van der Waals surface area contributed by atoms with E-state index in [0.717, 1.165) is 31.6 Å². The van der Waals surface area contributed by atoms with Gasteiger partial charge in [0.25, 0.3) is 0 Å². The van der Waals surface area contributed by atoms with Crippen LogP contribution < -0.4 is 0 Å². The number of carbonyl (C=O) groups excluding carboxylic acids is 1. The van der Waals surface area contributed by atoms with Gasteiger partial charge in [0.2, 0.25) is 5.91 Å². The third kappa shape index (κ3) is 4.64. The molecule has 1 aromatic carbocycles. The van der Waals surface area contributed by atoms with Gasteiger partial charge < -0.3 is 9.80 Å². The number of hydrogen-bond acceptors (Lipinski definition) is 2. The Morgan fingerprint density at radius 1 is 1.30 bits per heavy atom. The highest BCUT2D eigenvalue weighted by molar-refractivity contribution is 5.78. The Hall–Kier alpha value is -1.35. The summed E-state index contributed by atoms with van der Waals surface area (Å²) in [4.78, 5) is 16.7. The summed E-state index contributed by atoms with van der Waals surface area (Å²) >= 11 is 0. The van der Waals surface area contributed by atoms with E-state index in [9.17, 15) is 4.79 Å². The van der Waals surface area contributed by atoms with Crippen molar-refractivity contribution in [2.75, 3.05) is 33.7 Å². The van der Waals surface area contributed by atoms with Crippen molar-refractivity contribution < 1.29 is 4.79 Å². The van der Waals surface area contributed by atoms with Gasteiger partial charge in [-0.1, -0.05) is 30.3 Å². The lowest BCUT2D eigenvalue weighted by Crippen LogP contribution is -2.41. The van der Waals surface area contributed by atoms with Gasteiger partial charge in [0.15, 0.2) is 0 Å². The zero-order chi connectivity index (χ0) is 14.4. The lowest BCUT2D eigenvalue weighted by atomic mass is 9.94. The van der Waals surface area contributed by atoms with Crippen LogP contribution in [0, 0.1) is 5.92 Å². The molecule has 20 heavy (non-hydrogen) atoms. The molecule has 0 N–H and O–H groups in total.